The Bertz CT molecular complexity index is 742. The lowest BCUT2D eigenvalue weighted by Gasteiger charge is -2.58. The molecule has 4 rings (SSSR count). The molecule has 2 N–H and O–H groups in total. The summed E-state index contributed by atoms with van der Waals surface area (Å²) in [7, 11) is 0. The van der Waals surface area contributed by atoms with E-state index in [1.54, 1.807) is 12.5 Å². The van der Waals surface area contributed by atoms with Gasteiger partial charge in [-0.2, -0.15) is 0 Å². The predicted molar refractivity (Wildman–Crippen MR) is 137 cm³/mol. The largest absolute Gasteiger partial charge is 0.461 e. The lowest BCUT2D eigenvalue weighted by molar-refractivity contribution is -0.152. The molecule has 188 valence electrons. The Hall–Kier alpha value is -0.830. The molecule has 9 atom stereocenters. The molecule has 0 aromatic carbocycles. The van der Waals surface area contributed by atoms with E-state index in [-0.39, 0.29) is 12.1 Å². The third kappa shape index (κ3) is 4.69. The number of hydrogen-bond acceptors (Lipinski definition) is 3. The smallest absolute Gasteiger partial charge is 0.322 e. The van der Waals surface area contributed by atoms with E-state index in [1.165, 1.54) is 51.4 Å². The highest BCUT2D eigenvalue weighted by Gasteiger charge is 2.59. The molecule has 0 spiro atoms. The van der Waals surface area contributed by atoms with Crippen LogP contribution in [0.4, 0.5) is 0 Å². The van der Waals surface area contributed by atoms with Crippen molar-refractivity contribution in [2.75, 3.05) is 0 Å². The second-order valence-electron chi connectivity index (χ2n) is 13.4. The van der Waals surface area contributed by atoms with Gasteiger partial charge >= 0.3 is 5.97 Å². The van der Waals surface area contributed by atoms with Gasteiger partial charge in [0.2, 0.25) is 0 Å². The van der Waals surface area contributed by atoms with E-state index in [4.69, 9.17) is 10.5 Å². The summed E-state index contributed by atoms with van der Waals surface area (Å²) in [5.41, 5.74) is 8.18. The molecule has 3 fully saturated rings. The number of allylic oxidation sites excluding steroid dienone is 1. The minimum absolute atomic E-state index is 0.0239. The first-order chi connectivity index (χ1) is 15.6. The zero-order chi connectivity index (χ0) is 24.0. The van der Waals surface area contributed by atoms with Gasteiger partial charge in [0.15, 0.2) is 0 Å². The van der Waals surface area contributed by atoms with Gasteiger partial charge in [-0.05, 0) is 98.2 Å². The summed E-state index contributed by atoms with van der Waals surface area (Å²) >= 11 is 0. The highest BCUT2D eigenvalue weighted by Crippen LogP contribution is 2.67. The minimum Gasteiger partial charge on any atom is -0.461 e. The van der Waals surface area contributed by atoms with Gasteiger partial charge in [-0.25, -0.2) is 0 Å². The van der Waals surface area contributed by atoms with E-state index in [1.807, 2.05) is 0 Å². The number of ether oxygens (including phenoxy) is 1. The van der Waals surface area contributed by atoms with Gasteiger partial charge in [0.05, 0.1) is 0 Å². The number of esters is 1. The maximum absolute atomic E-state index is 12.1. The molecule has 0 aromatic rings. The summed E-state index contributed by atoms with van der Waals surface area (Å²) < 4.78 is 5.75. The molecule has 4 unspecified atom stereocenters. The van der Waals surface area contributed by atoms with Crippen LogP contribution in [-0.4, -0.2) is 18.1 Å². The van der Waals surface area contributed by atoms with E-state index in [2.05, 4.69) is 40.7 Å². The normalized spacial score (nSPS) is 42.1. The van der Waals surface area contributed by atoms with Crippen molar-refractivity contribution >= 4 is 5.97 Å². The number of carbonyl (C=O) groups is 1. The molecule has 0 aromatic heterocycles. The van der Waals surface area contributed by atoms with Crippen LogP contribution >= 0.6 is 0 Å². The SMILES string of the molecule is CC(C)CCC[C@@H](C)[C@H]1CCC2C3CC=C4CC(OC(=O)[C@@H](C)N)CC[C@]4(C)C3CC[C@@]21C. The fourth-order valence-electron chi connectivity index (χ4n) is 9.02. The van der Waals surface area contributed by atoms with Gasteiger partial charge in [-0.1, -0.05) is 65.5 Å². The average Bonchev–Trinajstić information content (AvgIpc) is 3.11. The summed E-state index contributed by atoms with van der Waals surface area (Å²) in [6, 6.07) is -0.526. The first kappa shape index (κ1) is 25.3. The number of hydrogen-bond donors (Lipinski definition) is 1. The van der Waals surface area contributed by atoms with E-state index in [0.29, 0.717) is 10.8 Å². The van der Waals surface area contributed by atoms with E-state index in [0.717, 1.165) is 54.8 Å². The van der Waals surface area contributed by atoms with E-state index in [9.17, 15) is 4.79 Å². The molecule has 0 bridgehead atoms. The Balaban J connectivity index is 1.45. The lowest BCUT2D eigenvalue weighted by atomic mass is 9.47. The molecule has 0 radical (unpaired) electrons. The standard InChI is InChI=1S/C30H51NO2/c1-19(2)8-7-9-20(3)25-12-13-26-24-11-10-22-18-23(33-28(32)21(4)31)14-16-29(22,5)27(24)15-17-30(25,26)6/h10,19-21,23-27H,7-9,11-18,31H2,1-6H3/t20-,21-,23?,24?,25-,26?,27?,29+,30-/m1/s1. The Morgan fingerprint density at radius 2 is 1.82 bits per heavy atom. The Morgan fingerprint density at radius 3 is 2.52 bits per heavy atom. The van der Waals surface area contributed by atoms with Crippen LogP contribution in [0, 0.1) is 46.3 Å². The van der Waals surface area contributed by atoms with Gasteiger partial charge < -0.3 is 10.5 Å². The van der Waals surface area contributed by atoms with Gasteiger partial charge in [0.1, 0.15) is 12.1 Å². The Labute approximate surface area is 203 Å². The molecule has 4 aliphatic carbocycles. The monoisotopic (exact) mass is 457 g/mol. The molecule has 33 heavy (non-hydrogen) atoms. The van der Waals surface area contributed by atoms with Crippen molar-refractivity contribution in [1.29, 1.82) is 0 Å². The van der Waals surface area contributed by atoms with Crippen LogP contribution in [0.15, 0.2) is 11.6 Å². The molecule has 3 saturated carbocycles. The molecule has 0 amide bonds. The van der Waals surface area contributed by atoms with Crippen LogP contribution in [0.3, 0.4) is 0 Å². The van der Waals surface area contributed by atoms with Crippen molar-refractivity contribution in [3.8, 4) is 0 Å². The fourth-order valence-corrected chi connectivity index (χ4v) is 9.02. The van der Waals surface area contributed by atoms with Gasteiger partial charge in [-0.3, -0.25) is 4.79 Å². The van der Waals surface area contributed by atoms with Crippen LogP contribution in [0.2, 0.25) is 0 Å². The third-order valence-electron chi connectivity index (χ3n) is 10.9. The second-order valence-corrected chi connectivity index (χ2v) is 13.4. The van der Waals surface area contributed by atoms with Crippen LogP contribution in [-0.2, 0) is 9.53 Å². The molecular formula is C30H51NO2. The third-order valence-corrected chi connectivity index (χ3v) is 10.9. The molecule has 3 nitrogen and oxygen atoms in total. The van der Waals surface area contributed by atoms with Gasteiger partial charge in [-0.15, -0.1) is 0 Å². The number of carbonyl (C=O) groups excluding carboxylic acids is 1. The molecular weight excluding hydrogens is 406 g/mol. The lowest BCUT2D eigenvalue weighted by Crippen LogP contribution is -2.51. The highest BCUT2D eigenvalue weighted by molar-refractivity contribution is 5.75. The molecule has 3 heteroatoms. The first-order valence-electron chi connectivity index (χ1n) is 14.2. The van der Waals surface area contributed by atoms with Crippen molar-refractivity contribution in [3.05, 3.63) is 11.6 Å². The van der Waals surface area contributed by atoms with Crippen LogP contribution < -0.4 is 5.73 Å². The minimum atomic E-state index is -0.526. The predicted octanol–water partition coefficient (Wildman–Crippen LogP) is 7.29. The highest BCUT2D eigenvalue weighted by atomic mass is 16.5. The molecule has 0 aliphatic heterocycles. The maximum Gasteiger partial charge on any atom is 0.322 e. The topological polar surface area (TPSA) is 52.3 Å². The Kier molecular flexibility index (Phi) is 7.40. The van der Waals surface area contributed by atoms with E-state index >= 15 is 0 Å². The van der Waals surface area contributed by atoms with Crippen LogP contribution in [0.25, 0.3) is 0 Å². The number of rotatable bonds is 7. The van der Waals surface area contributed by atoms with Crippen molar-refractivity contribution in [2.45, 2.75) is 124 Å². The summed E-state index contributed by atoms with van der Waals surface area (Å²) in [4.78, 5) is 12.1. The van der Waals surface area contributed by atoms with Gasteiger partial charge in [0, 0.05) is 6.42 Å². The summed E-state index contributed by atoms with van der Waals surface area (Å²) in [5.74, 6) is 4.95. The zero-order valence-corrected chi connectivity index (χ0v) is 22.4. The first-order valence-corrected chi connectivity index (χ1v) is 14.2. The van der Waals surface area contributed by atoms with Crippen molar-refractivity contribution in [1.82, 2.24) is 0 Å². The zero-order valence-electron chi connectivity index (χ0n) is 22.4. The molecule has 0 saturated heterocycles. The van der Waals surface area contributed by atoms with Crippen LogP contribution in [0.1, 0.15) is 112 Å². The quantitative estimate of drug-likeness (QED) is 0.322. The fraction of sp³-hybridized carbons (Fsp3) is 0.900. The molecule has 0 heterocycles. The second kappa shape index (κ2) is 9.67. The average molecular weight is 458 g/mol. The van der Waals surface area contributed by atoms with Crippen molar-refractivity contribution in [3.63, 3.8) is 0 Å². The van der Waals surface area contributed by atoms with Crippen molar-refractivity contribution < 1.29 is 9.53 Å². The summed E-state index contributed by atoms with van der Waals surface area (Å²) in [5, 5.41) is 0. The number of nitrogens with two attached hydrogens (primary N) is 1. The van der Waals surface area contributed by atoms with Crippen molar-refractivity contribution in [2.24, 2.45) is 52.1 Å². The Morgan fingerprint density at radius 1 is 1.06 bits per heavy atom. The van der Waals surface area contributed by atoms with E-state index < -0.39 is 6.04 Å². The van der Waals surface area contributed by atoms with Crippen LogP contribution in [0.5, 0.6) is 0 Å². The molecule has 4 aliphatic rings. The van der Waals surface area contributed by atoms with Gasteiger partial charge in [0.25, 0.3) is 0 Å². The summed E-state index contributed by atoms with van der Waals surface area (Å²) in [6.07, 6.45) is 16.9. The number of fused-ring (bicyclic) bond motifs is 5. The maximum atomic E-state index is 12.1. The summed E-state index contributed by atoms with van der Waals surface area (Å²) in [6.45, 7) is 14.2.